The van der Waals surface area contributed by atoms with Crippen molar-refractivity contribution >= 4 is 12.0 Å². The molecule has 7 heteroatoms. The summed E-state index contributed by atoms with van der Waals surface area (Å²) < 4.78 is 5.95. The number of rotatable bonds is 16. The number of hydrogen-bond donors (Lipinski definition) is 4. The van der Waals surface area contributed by atoms with Gasteiger partial charge in [0.25, 0.3) is 0 Å². The molecule has 3 saturated carbocycles. The average Bonchev–Trinajstić information content (AvgIpc) is 3.46. The fourth-order valence-electron chi connectivity index (χ4n) is 11.1. The smallest absolute Gasteiger partial charge is 0.407 e. The third kappa shape index (κ3) is 8.97. The molecule has 0 saturated heterocycles. The molecule has 0 aromatic heterocycles. The van der Waals surface area contributed by atoms with Gasteiger partial charge in [-0.2, -0.15) is 0 Å². The molecule has 10 atom stereocenters. The van der Waals surface area contributed by atoms with Gasteiger partial charge in [0.05, 0.1) is 12.6 Å². The molecule has 50 heavy (non-hydrogen) atoms. The summed E-state index contributed by atoms with van der Waals surface area (Å²) in [6.45, 7) is 12.6. The van der Waals surface area contributed by atoms with E-state index >= 15 is 0 Å². The SMILES string of the molecule is CC(C)CCC[C@@H](C)[C@H]1CCC2C3CC=C4CC(OC(=O)NCCCCCC(=O)N[C@@H](CO)[C@@H](O)c5ccccc5)CC[C@]4(C)C3CC[C@@]21C. The number of hydrogen-bond acceptors (Lipinski definition) is 5. The zero-order valence-electron chi connectivity index (χ0n) is 31.8. The first-order valence-corrected chi connectivity index (χ1v) is 20.2. The van der Waals surface area contributed by atoms with Crippen molar-refractivity contribution < 1.29 is 24.5 Å². The van der Waals surface area contributed by atoms with E-state index in [1.165, 1.54) is 51.4 Å². The first-order valence-electron chi connectivity index (χ1n) is 20.2. The third-order valence-electron chi connectivity index (χ3n) is 13.9. The first-order chi connectivity index (χ1) is 24.0. The number of fused-ring (bicyclic) bond motifs is 5. The number of ether oxygens (including phenoxy) is 1. The Morgan fingerprint density at radius 3 is 2.46 bits per heavy atom. The third-order valence-corrected chi connectivity index (χ3v) is 13.9. The molecule has 1 aromatic carbocycles. The molecule has 0 aliphatic heterocycles. The molecule has 0 spiro atoms. The van der Waals surface area contributed by atoms with Crippen LogP contribution in [0.5, 0.6) is 0 Å². The van der Waals surface area contributed by atoms with Crippen LogP contribution in [0.3, 0.4) is 0 Å². The largest absolute Gasteiger partial charge is 0.446 e. The first kappa shape index (κ1) is 38.8. The highest BCUT2D eigenvalue weighted by molar-refractivity contribution is 5.76. The van der Waals surface area contributed by atoms with Gasteiger partial charge >= 0.3 is 6.09 Å². The summed E-state index contributed by atoms with van der Waals surface area (Å²) in [4.78, 5) is 25.2. The van der Waals surface area contributed by atoms with Gasteiger partial charge in [-0.25, -0.2) is 4.79 Å². The van der Waals surface area contributed by atoms with Crippen LogP contribution in [-0.4, -0.2) is 47.5 Å². The number of nitrogens with one attached hydrogen (secondary N) is 2. The topological polar surface area (TPSA) is 108 Å². The molecule has 4 N–H and O–H groups in total. The van der Waals surface area contributed by atoms with Gasteiger partial charge in [-0.05, 0) is 110 Å². The molecule has 7 nitrogen and oxygen atoms in total. The zero-order valence-corrected chi connectivity index (χ0v) is 31.8. The molecule has 2 amide bonds. The summed E-state index contributed by atoms with van der Waals surface area (Å²) in [7, 11) is 0. The Balaban J connectivity index is 1.01. The Kier molecular flexibility index (Phi) is 13.5. The number of carbonyl (C=O) groups excluding carboxylic acids is 2. The zero-order chi connectivity index (χ0) is 35.9. The average molecular weight is 693 g/mol. The van der Waals surface area contributed by atoms with Crippen LogP contribution in [0.15, 0.2) is 42.0 Å². The second-order valence-electron chi connectivity index (χ2n) is 17.5. The van der Waals surface area contributed by atoms with E-state index in [9.17, 15) is 19.8 Å². The monoisotopic (exact) mass is 693 g/mol. The van der Waals surface area contributed by atoms with E-state index in [4.69, 9.17) is 4.74 Å². The Morgan fingerprint density at radius 2 is 1.72 bits per heavy atom. The van der Waals surface area contributed by atoms with Crippen molar-refractivity contribution in [2.75, 3.05) is 13.2 Å². The Hall–Kier alpha value is -2.38. The van der Waals surface area contributed by atoms with E-state index in [1.54, 1.807) is 17.7 Å². The highest BCUT2D eigenvalue weighted by Gasteiger charge is 2.59. The van der Waals surface area contributed by atoms with Gasteiger partial charge in [0.15, 0.2) is 0 Å². The molecule has 0 heterocycles. The van der Waals surface area contributed by atoms with Crippen LogP contribution in [0, 0.1) is 46.3 Å². The number of amides is 2. The summed E-state index contributed by atoms with van der Waals surface area (Å²) in [6.07, 6.45) is 17.5. The van der Waals surface area contributed by atoms with Crippen LogP contribution in [0.4, 0.5) is 4.79 Å². The predicted octanol–water partition coefficient (Wildman–Crippen LogP) is 8.89. The van der Waals surface area contributed by atoms with Crippen molar-refractivity contribution in [1.29, 1.82) is 0 Å². The summed E-state index contributed by atoms with van der Waals surface area (Å²) in [5.74, 6) is 4.75. The molecule has 4 aliphatic rings. The molecule has 280 valence electrons. The number of unbranched alkanes of at least 4 members (excludes halogenated alkanes) is 2. The lowest BCUT2D eigenvalue weighted by molar-refractivity contribution is -0.123. The van der Waals surface area contributed by atoms with Crippen molar-refractivity contribution in [2.45, 2.75) is 149 Å². The summed E-state index contributed by atoms with van der Waals surface area (Å²) in [5.41, 5.74) is 2.94. The van der Waals surface area contributed by atoms with Gasteiger partial charge in [0.1, 0.15) is 12.2 Å². The number of benzene rings is 1. The van der Waals surface area contributed by atoms with Gasteiger partial charge in [-0.1, -0.05) is 102 Å². The van der Waals surface area contributed by atoms with Crippen molar-refractivity contribution in [3.8, 4) is 0 Å². The van der Waals surface area contributed by atoms with E-state index in [0.29, 0.717) is 30.4 Å². The molecule has 0 radical (unpaired) electrons. The van der Waals surface area contributed by atoms with Gasteiger partial charge in [0.2, 0.25) is 5.91 Å². The Morgan fingerprint density at radius 1 is 0.940 bits per heavy atom. The number of carbonyl (C=O) groups is 2. The number of alkyl carbamates (subject to hydrolysis) is 1. The highest BCUT2D eigenvalue weighted by Crippen LogP contribution is 2.67. The van der Waals surface area contributed by atoms with Crippen molar-refractivity contribution in [2.24, 2.45) is 46.3 Å². The second kappa shape index (κ2) is 17.4. The van der Waals surface area contributed by atoms with Crippen molar-refractivity contribution in [3.63, 3.8) is 0 Å². The number of allylic oxidation sites excluding steroid dienone is 1. The summed E-state index contributed by atoms with van der Waals surface area (Å²) in [5, 5.41) is 25.9. The molecule has 3 fully saturated rings. The Bertz CT molecular complexity index is 1280. The molecular formula is C43H68N2O5. The van der Waals surface area contributed by atoms with Crippen LogP contribution < -0.4 is 10.6 Å². The van der Waals surface area contributed by atoms with Crippen molar-refractivity contribution in [1.82, 2.24) is 10.6 Å². The van der Waals surface area contributed by atoms with Crippen molar-refractivity contribution in [3.05, 3.63) is 47.5 Å². The highest BCUT2D eigenvalue weighted by atomic mass is 16.6. The normalized spacial score (nSPS) is 32.2. The molecular weight excluding hydrogens is 624 g/mol. The standard InChI is InChI=1S/C43H68N2O5/c1-29(2)13-12-14-30(3)35-20-21-36-34-19-18-32-27-33(22-24-42(32,4)37(34)23-25-43(35,36)5)50-41(49)44-26-11-7-10-17-39(47)45-38(28-46)40(48)31-15-8-6-9-16-31/h6,8-9,15-16,18,29-30,33-38,40,46,48H,7,10-14,17,19-28H2,1-5H3,(H,44,49)(H,45,47)/t30-,33?,34?,35-,36?,37?,38+,40+,42+,43-/m1/s1. The van der Waals surface area contributed by atoms with Gasteiger partial charge < -0.3 is 25.6 Å². The summed E-state index contributed by atoms with van der Waals surface area (Å²) in [6, 6.07) is 8.29. The minimum absolute atomic E-state index is 0.0586. The Labute approximate surface area is 302 Å². The predicted molar refractivity (Wildman–Crippen MR) is 200 cm³/mol. The molecule has 1 aromatic rings. The van der Waals surface area contributed by atoms with E-state index in [0.717, 1.165) is 67.6 Å². The number of aliphatic hydroxyl groups excluding tert-OH is 2. The van der Waals surface area contributed by atoms with Gasteiger partial charge in [-0.3, -0.25) is 4.79 Å². The fraction of sp³-hybridized carbons (Fsp3) is 0.767. The van der Waals surface area contributed by atoms with E-state index in [2.05, 4.69) is 51.3 Å². The summed E-state index contributed by atoms with van der Waals surface area (Å²) >= 11 is 0. The minimum Gasteiger partial charge on any atom is -0.446 e. The molecule has 4 unspecified atom stereocenters. The maximum Gasteiger partial charge on any atom is 0.407 e. The minimum atomic E-state index is -0.966. The van der Waals surface area contributed by atoms with Crippen LogP contribution in [0.25, 0.3) is 0 Å². The van der Waals surface area contributed by atoms with Gasteiger partial charge in [0, 0.05) is 19.4 Å². The van der Waals surface area contributed by atoms with Crippen LogP contribution in [0.2, 0.25) is 0 Å². The van der Waals surface area contributed by atoms with E-state index in [1.807, 2.05) is 18.2 Å². The molecule has 4 aliphatic carbocycles. The van der Waals surface area contributed by atoms with Crippen LogP contribution >= 0.6 is 0 Å². The number of aliphatic hydroxyl groups is 2. The lowest BCUT2D eigenvalue weighted by Crippen LogP contribution is -2.51. The maximum absolute atomic E-state index is 12.7. The van der Waals surface area contributed by atoms with Gasteiger partial charge in [-0.15, -0.1) is 0 Å². The lowest BCUT2D eigenvalue weighted by Gasteiger charge is -2.58. The van der Waals surface area contributed by atoms with E-state index in [-0.39, 0.29) is 30.1 Å². The van der Waals surface area contributed by atoms with Crippen LogP contribution in [0.1, 0.15) is 143 Å². The fourth-order valence-corrected chi connectivity index (χ4v) is 11.1. The maximum atomic E-state index is 12.7. The quantitative estimate of drug-likeness (QED) is 0.102. The van der Waals surface area contributed by atoms with Crippen LogP contribution in [-0.2, 0) is 9.53 Å². The molecule has 5 rings (SSSR count). The lowest BCUT2D eigenvalue weighted by atomic mass is 9.47. The van der Waals surface area contributed by atoms with E-state index < -0.39 is 12.1 Å². The second-order valence-corrected chi connectivity index (χ2v) is 17.5. The molecule has 0 bridgehead atoms.